The summed E-state index contributed by atoms with van der Waals surface area (Å²) >= 11 is 5.85. The molecule has 38 heavy (non-hydrogen) atoms. The zero-order valence-corrected chi connectivity index (χ0v) is 24.0. The van der Waals surface area contributed by atoms with E-state index in [-0.39, 0.29) is 28.1 Å². The third-order valence-electron chi connectivity index (χ3n) is 5.74. The number of amides is 1. The molecule has 3 aromatic heterocycles. The Labute approximate surface area is 228 Å². The van der Waals surface area contributed by atoms with Crippen molar-refractivity contribution in [2.75, 3.05) is 18.1 Å². The second kappa shape index (κ2) is 14.3. The molecule has 1 fully saturated rings. The molecule has 4 heterocycles. The van der Waals surface area contributed by atoms with Crippen LogP contribution in [-0.2, 0) is 22.6 Å². The topological polar surface area (TPSA) is 108 Å². The normalized spacial score (nSPS) is 18.6. The van der Waals surface area contributed by atoms with Crippen LogP contribution in [-0.4, -0.2) is 60.2 Å². The molecule has 210 valence electrons. The van der Waals surface area contributed by atoms with Crippen molar-refractivity contribution < 1.29 is 27.3 Å². The fourth-order valence-corrected chi connectivity index (χ4v) is 5.17. The van der Waals surface area contributed by atoms with Crippen LogP contribution in [0.2, 0.25) is 5.02 Å². The first kappa shape index (κ1) is 31.4. The van der Waals surface area contributed by atoms with Crippen molar-refractivity contribution in [2.24, 2.45) is 7.05 Å². The van der Waals surface area contributed by atoms with Crippen LogP contribution < -0.4 is 14.8 Å². The Morgan fingerprint density at radius 2 is 1.89 bits per heavy atom. The lowest BCUT2D eigenvalue weighted by Crippen LogP contribution is -2.46. The minimum absolute atomic E-state index is 0.00944. The molecule has 0 spiro atoms. The van der Waals surface area contributed by atoms with Gasteiger partial charge in [0.2, 0.25) is 12.3 Å². The summed E-state index contributed by atoms with van der Waals surface area (Å²) in [5, 5.41) is 3.01. The van der Waals surface area contributed by atoms with E-state index in [9.17, 15) is 17.8 Å². The van der Waals surface area contributed by atoms with Gasteiger partial charge in [-0.3, -0.25) is 9.00 Å². The maximum Gasteiger partial charge on any atom is 0.272 e. The van der Waals surface area contributed by atoms with Crippen LogP contribution in [0.1, 0.15) is 45.0 Å². The van der Waals surface area contributed by atoms with Crippen LogP contribution in [0.5, 0.6) is 17.5 Å². The van der Waals surface area contributed by atoms with Gasteiger partial charge in [-0.15, -0.1) is 0 Å². The minimum atomic E-state index is -2.62. The maximum atomic E-state index is 12.4. The second-order valence-electron chi connectivity index (χ2n) is 8.60. The number of nitrogens with one attached hydrogen (secondary N) is 1. The zero-order valence-electron chi connectivity index (χ0n) is 22.4. The van der Waals surface area contributed by atoms with Crippen LogP contribution in [0.4, 0.5) is 8.78 Å². The van der Waals surface area contributed by atoms with Gasteiger partial charge >= 0.3 is 0 Å². The molecule has 1 amide bonds. The first-order valence-electron chi connectivity index (χ1n) is 12.1. The molecule has 3 aromatic rings. The van der Waals surface area contributed by atoms with Gasteiger partial charge in [-0.2, -0.15) is 4.98 Å². The van der Waals surface area contributed by atoms with Crippen molar-refractivity contribution >= 4 is 40.0 Å². The van der Waals surface area contributed by atoms with Gasteiger partial charge in [0.05, 0.1) is 5.02 Å². The summed E-state index contributed by atoms with van der Waals surface area (Å²) in [5.74, 6) is 2.54. The zero-order chi connectivity index (χ0) is 28.5. The van der Waals surface area contributed by atoms with Crippen molar-refractivity contribution in [3.63, 3.8) is 0 Å². The van der Waals surface area contributed by atoms with Crippen molar-refractivity contribution in [1.82, 2.24) is 24.8 Å². The summed E-state index contributed by atoms with van der Waals surface area (Å²) in [6.07, 6.45) is 1.11. The molecule has 1 N–H and O–H groups in total. The highest BCUT2D eigenvalue weighted by atomic mass is 35.5. The van der Waals surface area contributed by atoms with E-state index < -0.39 is 23.8 Å². The molecule has 0 aromatic carbocycles. The number of ether oxygens (including phenoxy) is 2. The highest BCUT2D eigenvalue weighted by Crippen LogP contribution is 2.32. The quantitative estimate of drug-likeness (QED) is 0.390. The number of imidazole rings is 1. The fourth-order valence-electron chi connectivity index (χ4n) is 3.47. The third-order valence-corrected chi connectivity index (χ3v) is 7.27. The van der Waals surface area contributed by atoms with Crippen LogP contribution >= 0.6 is 11.6 Å². The molecule has 0 bridgehead atoms. The van der Waals surface area contributed by atoms with Gasteiger partial charge < -0.3 is 19.4 Å². The Hall–Kier alpha value is -2.86. The Morgan fingerprint density at radius 1 is 1.24 bits per heavy atom. The molecule has 0 aliphatic carbocycles. The van der Waals surface area contributed by atoms with E-state index in [0.29, 0.717) is 5.65 Å². The van der Waals surface area contributed by atoms with E-state index in [2.05, 4.69) is 20.3 Å². The second-order valence-corrected chi connectivity index (χ2v) is 10.7. The Kier molecular flexibility index (Phi) is 11.8. The summed E-state index contributed by atoms with van der Waals surface area (Å²) in [6, 6.07) is 3.06. The molecular weight excluding hydrogens is 540 g/mol. The standard InChI is InChI=1S/C16H15ClF2N4O2.C7H13NO2S.C2H6/c1-8-4-13(22-15-14(8)21-9(2)23(15)3)25-16-11(24-7-12(18)19)5-10(17)6-20-16;1-7(8-6-9)2-4-11(10)5-3-7;1-2/h4-6,12H,7H2,1-3H3;6H,2-5H2,1H3,(H,8,9);1-2H3. The van der Waals surface area contributed by atoms with Gasteiger partial charge in [0.1, 0.15) is 17.9 Å². The van der Waals surface area contributed by atoms with Crippen molar-refractivity contribution in [3.05, 3.63) is 34.7 Å². The number of rotatable bonds is 7. The first-order chi connectivity index (χ1) is 18.0. The number of aryl methyl sites for hydroxylation is 3. The van der Waals surface area contributed by atoms with Crippen LogP contribution in [0.15, 0.2) is 18.3 Å². The summed E-state index contributed by atoms with van der Waals surface area (Å²) in [7, 11) is 1.20. The number of halogens is 3. The maximum absolute atomic E-state index is 12.4. The fraction of sp³-hybridized carbons (Fsp3) is 0.520. The highest BCUT2D eigenvalue weighted by molar-refractivity contribution is 7.85. The van der Waals surface area contributed by atoms with E-state index in [1.165, 1.54) is 12.3 Å². The van der Waals surface area contributed by atoms with Gasteiger partial charge in [0.15, 0.2) is 11.4 Å². The van der Waals surface area contributed by atoms with Crippen molar-refractivity contribution in [1.29, 1.82) is 0 Å². The Morgan fingerprint density at radius 3 is 2.50 bits per heavy atom. The van der Waals surface area contributed by atoms with E-state index in [4.69, 9.17) is 21.1 Å². The molecule has 1 aliphatic heterocycles. The van der Waals surface area contributed by atoms with Crippen LogP contribution in [0, 0.1) is 13.8 Å². The molecule has 0 radical (unpaired) electrons. The van der Waals surface area contributed by atoms with E-state index in [1.807, 2.05) is 46.2 Å². The lowest BCUT2D eigenvalue weighted by atomic mass is 9.95. The SMILES string of the molecule is CC.CC1(NC=O)CCS(=O)CC1.Cc1cc(Oc2ncc(Cl)cc2OCC(F)F)nc2c1nc(C)n2C. The molecule has 0 atom stereocenters. The average molecular weight is 574 g/mol. The Bertz CT molecular complexity index is 1250. The van der Waals surface area contributed by atoms with Gasteiger partial charge in [0.25, 0.3) is 12.3 Å². The Balaban J connectivity index is 0.000000327. The lowest BCUT2D eigenvalue weighted by Gasteiger charge is -2.32. The number of aromatic nitrogens is 4. The summed E-state index contributed by atoms with van der Waals surface area (Å²) in [5.41, 5.74) is 2.19. The number of nitrogens with zero attached hydrogens (tertiary/aromatic N) is 4. The number of pyridine rings is 2. The smallest absolute Gasteiger partial charge is 0.272 e. The number of alkyl halides is 2. The predicted molar refractivity (Wildman–Crippen MR) is 145 cm³/mol. The monoisotopic (exact) mass is 573 g/mol. The van der Waals surface area contributed by atoms with Gasteiger partial charge in [-0.25, -0.2) is 18.7 Å². The lowest BCUT2D eigenvalue weighted by molar-refractivity contribution is -0.111. The number of hydrogen-bond donors (Lipinski definition) is 1. The number of fused-ring (bicyclic) bond motifs is 1. The van der Waals surface area contributed by atoms with Crippen molar-refractivity contribution in [3.8, 4) is 17.5 Å². The van der Waals surface area contributed by atoms with Gasteiger partial charge in [0, 0.05) is 53.2 Å². The number of carbonyl (C=O) groups excluding carboxylic acids is 1. The molecule has 4 rings (SSSR count). The summed E-state index contributed by atoms with van der Waals surface area (Å²) in [4.78, 5) is 23.0. The molecular formula is C25H34ClF2N5O4S. The molecule has 9 nitrogen and oxygen atoms in total. The third kappa shape index (κ3) is 8.59. The van der Waals surface area contributed by atoms with Crippen LogP contribution in [0.25, 0.3) is 11.2 Å². The van der Waals surface area contributed by atoms with E-state index in [1.54, 1.807) is 6.07 Å². The molecule has 0 saturated carbocycles. The van der Waals surface area contributed by atoms with Crippen LogP contribution in [0.3, 0.4) is 0 Å². The van der Waals surface area contributed by atoms with Gasteiger partial charge in [-0.1, -0.05) is 25.4 Å². The summed E-state index contributed by atoms with van der Waals surface area (Å²) < 4.78 is 48.3. The largest absolute Gasteiger partial charge is 0.482 e. The summed E-state index contributed by atoms with van der Waals surface area (Å²) in [6.45, 7) is 8.97. The van der Waals surface area contributed by atoms with Crippen molar-refractivity contribution in [2.45, 2.75) is 59.4 Å². The molecule has 0 unspecified atom stereocenters. The highest BCUT2D eigenvalue weighted by Gasteiger charge is 2.28. The molecule has 13 heteroatoms. The van der Waals surface area contributed by atoms with E-state index in [0.717, 1.165) is 47.7 Å². The number of carbonyl (C=O) groups is 1. The first-order valence-corrected chi connectivity index (χ1v) is 14.0. The molecule has 1 aliphatic rings. The number of hydrogen-bond acceptors (Lipinski definition) is 7. The minimum Gasteiger partial charge on any atom is -0.482 e. The van der Waals surface area contributed by atoms with E-state index >= 15 is 0 Å². The predicted octanol–water partition coefficient (Wildman–Crippen LogP) is 5.13. The average Bonchev–Trinajstić information content (AvgIpc) is 3.17. The molecule has 1 saturated heterocycles. The van der Waals surface area contributed by atoms with Gasteiger partial charge in [-0.05, 0) is 39.2 Å².